The van der Waals surface area contributed by atoms with E-state index in [0.717, 1.165) is 5.56 Å². The Morgan fingerprint density at radius 2 is 2.08 bits per heavy atom. The summed E-state index contributed by atoms with van der Waals surface area (Å²) in [7, 11) is 0. The van der Waals surface area contributed by atoms with Gasteiger partial charge in [-0.3, -0.25) is 0 Å². The molecule has 1 aliphatic heterocycles. The molecule has 0 bridgehead atoms. The number of ether oxygens (including phenoxy) is 1. The highest BCUT2D eigenvalue weighted by atomic mass is 35.5. The van der Waals surface area contributed by atoms with Crippen molar-refractivity contribution in [3.63, 3.8) is 0 Å². The van der Waals surface area contributed by atoms with E-state index in [9.17, 15) is 4.39 Å². The monoisotopic (exact) mass is 379 g/mol. The molecule has 0 spiro atoms. The molecule has 1 fully saturated rings. The lowest BCUT2D eigenvalue weighted by molar-refractivity contribution is -0.109. The van der Waals surface area contributed by atoms with Gasteiger partial charge in [0.15, 0.2) is 0 Å². The van der Waals surface area contributed by atoms with Crippen LogP contribution in [-0.2, 0) is 10.3 Å². The topological polar surface area (TPSA) is 59.3 Å². The largest absolute Gasteiger partial charge is 0.350 e. The number of nitrogens with two attached hydrogens (primary N) is 1. The van der Waals surface area contributed by atoms with Crippen LogP contribution in [0.15, 0.2) is 42.5 Å². The van der Waals surface area contributed by atoms with Crippen LogP contribution in [-0.4, -0.2) is 24.3 Å². The van der Waals surface area contributed by atoms with Gasteiger partial charge < -0.3 is 21.1 Å². The van der Waals surface area contributed by atoms with E-state index in [-0.39, 0.29) is 5.82 Å². The Balaban J connectivity index is 1.84. The molecular formula is C18H19ClFN3OS. The molecule has 0 saturated carbocycles. The van der Waals surface area contributed by atoms with Crippen LogP contribution in [0.5, 0.6) is 0 Å². The summed E-state index contributed by atoms with van der Waals surface area (Å²) >= 11 is 11.3. The average Bonchev–Trinajstić information content (AvgIpc) is 2.57. The van der Waals surface area contributed by atoms with Crippen molar-refractivity contribution in [2.45, 2.75) is 18.8 Å². The van der Waals surface area contributed by atoms with Gasteiger partial charge in [-0.05, 0) is 37.3 Å². The Bertz CT molecular complexity index is 786. The predicted molar refractivity (Wildman–Crippen MR) is 102 cm³/mol. The quantitative estimate of drug-likeness (QED) is 0.714. The maximum atomic E-state index is 14.4. The molecule has 4 nitrogen and oxygen atoms in total. The van der Waals surface area contributed by atoms with Gasteiger partial charge in [0.25, 0.3) is 0 Å². The Morgan fingerprint density at radius 3 is 2.76 bits per heavy atom. The zero-order valence-corrected chi connectivity index (χ0v) is 15.3. The molecule has 0 radical (unpaired) electrons. The van der Waals surface area contributed by atoms with E-state index in [2.05, 4.69) is 10.6 Å². The van der Waals surface area contributed by atoms with Gasteiger partial charge in [0, 0.05) is 34.9 Å². The molecule has 3 rings (SSSR count). The molecule has 1 saturated heterocycles. The summed E-state index contributed by atoms with van der Waals surface area (Å²) in [4.78, 5) is 0.527. The van der Waals surface area contributed by atoms with Crippen LogP contribution in [0.3, 0.4) is 0 Å². The molecule has 0 aromatic heterocycles. The second kappa shape index (κ2) is 7.35. The molecule has 2 atom stereocenters. The van der Waals surface area contributed by atoms with Crippen molar-refractivity contribution in [1.29, 1.82) is 0 Å². The lowest BCUT2D eigenvalue weighted by Crippen LogP contribution is -2.53. The van der Waals surface area contributed by atoms with Crippen molar-refractivity contribution in [3.05, 3.63) is 64.4 Å². The van der Waals surface area contributed by atoms with E-state index < -0.39 is 11.8 Å². The van der Waals surface area contributed by atoms with Crippen molar-refractivity contribution in [2.24, 2.45) is 5.73 Å². The van der Waals surface area contributed by atoms with Gasteiger partial charge in [0.05, 0.1) is 0 Å². The number of anilines is 1. The summed E-state index contributed by atoms with van der Waals surface area (Å²) in [5.74, 6) is -0.346. The summed E-state index contributed by atoms with van der Waals surface area (Å²) in [5, 5.41) is 6.93. The minimum atomic E-state index is -0.846. The summed E-state index contributed by atoms with van der Waals surface area (Å²) in [6.07, 6.45) is -0.482. The third kappa shape index (κ3) is 4.16. The summed E-state index contributed by atoms with van der Waals surface area (Å²) in [5.41, 5.74) is 6.94. The molecule has 25 heavy (non-hydrogen) atoms. The average molecular weight is 380 g/mol. The van der Waals surface area contributed by atoms with Crippen molar-refractivity contribution in [1.82, 2.24) is 5.32 Å². The highest BCUT2D eigenvalue weighted by Crippen LogP contribution is 2.32. The van der Waals surface area contributed by atoms with Crippen LogP contribution >= 0.6 is 23.8 Å². The fourth-order valence-electron chi connectivity index (χ4n) is 2.84. The zero-order valence-electron chi connectivity index (χ0n) is 13.7. The van der Waals surface area contributed by atoms with Gasteiger partial charge in [-0.2, -0.15) is 0 Å². The fraction of sp³-hybridized carbons (Fsp3) is 0.278. The number of hydrogen-bond donors (Lipinski definition) is 3. The molecular weight excluding hydrogens is 361 g/mol. The van der Waals surface area contributed by atoms with Crippen LogP contribution in [0.25, 0.3) is 0 Å². The normalized spacial score (nSPS) is 23.3. The van der Waals surface area contributed by atoms with Gasteiger partial charge in [0.2, 0.25) is 0 Å². The minimum absolute atomic E-state index is 0.346. The van der Waals surface area contributed by atoms with Crippen molar-refractivity contribution >= 4 is 34.5 Å². The highest BCUT2D eigenvalue weighted by molar-refractivity contribution is 7.81. The standard InChI is InChI=1S/C18H19ClFN3OS/c1-18(10-22-9-16(21)24-18)14-8-13(6-7-15(14)20)23-17(25)11-2-4-12(19)5-3-11/h2-8,16,22H,9-10,21H2,1H3,(H,23,25). The highest BCUT2D eigenvalue weighted by Gasteiger charge is 2.35. The van der Waals surface area contributed by atoms with Crippen LogP contribution in [0, 0.1) is 5.82 Å². The number of halogens is 2. The van der Waals surface area contributed by atoms with Crippen molar-refractivity contribution in [3.8, 4) is 0 Å². The van der Waals surface area contributed by atoms with E-state index in [1.165, 1.54) is 6.07 Å². The van der Waals surface area contributed by atoms with Gasteiger partial charge >= 0.3 is 0 Å². The minimum Gasteiger partial charge on any atom is -0.350 e. The maximum absolute atomic E-state index is 14.4. The van der Waals surface area contributed by atoms with Crippen molar-refractivity contribution in [2.75, 3.05) is 18.4 Å². The van der Waals surface area contributed by atoms with E-state index in [4.69, 9.17) is 34.3 Å². The summed E-state index contributed by atoms with van der Waals surface area (Å²) < 4.78 is 20.2. The number of morpholine rings is 1. The zero-order chi connectivity index (χ0) is 18.0. The molecule has 2 unspecified atom stereocenters. The molecule has 7 heteroatoms. The SMILES string of the molecule is CC1(c2cc(NC(=S)c3ccc(Cl)cc3)ccc2F)CNCC(N)O1. The van der Waals surface area contributed by atoms with Crippen LogP contribution < -0.4 is 16.4 Å². The van der Waals surface area contributed by atoms with Crippen LogP contribution in [0.4, 0.5) is 10.1 Å². The lowest BCUT2D eigenvalue weighted by Gasteiger charge is -2.38. The smallest absolute Gasteiger partial charge is 0.129 e. The number of nitrogens with one attached hydrogen (secondary N) is 2. The molecule has 1 heterocycles. The first-order valence-corrected chi connectivity index (χ1v) is 8.67. The van der Waals surface area contributed by atoms with Gasteiger partial charge in [-0.15, -0.1) is 0 Å². The number of rotatable bonds is 3. The molecule has 132 valence electrons. The molecule has 2 aromatic rings. The number of benzene rings is 2. The van der Waals surface area contributed by atoms with Gasteiger partial charge in [-0.1, -0.05) is 36.0 Å². The Kier molecular flexibility index (Phi) is 5.36. The maximum Gasteiger partial charge on any atom is 0.129 e. The molecule has 0 amide bonds. The molecule has 0 aliphatic carbocycles. The second-order valence-corrected chi connectivity index (χ2v) is 7.02. The van der Waals surface area contributed by atoms with Gasteiger partial charge in [-0.25, -0.2) is 4.39 Å². The molecule has 2 aromatic carbocycles. The Labute approximate surface area is 156 Å². The first-order chi connectivity index (χ1) is 11.9. The van der Waals surface area contributed by atoms with E-state index in [1.807, 2.05) is 19.1 Å². The number of thiocarbonyl (C=S) groups is 1. The fourth-order valence-corrected chi connectivity index (χ4v) is 3.22. The van der Waals surface area contributed by atoms with Crippen LogP contribution in [0.2, 0.25) is 5.02 Å². The number of hydrogen-bond acceptors (Lipinski definition) is 4. The van der Waals surface area contributed by atoms with E-state index in [1.54, 1.807) is 24.3 Å². The second-order valence-electron chi connectivity index (χ2n) is 6.17. The third-order valence-corrected chi connectivity index (χ3v) is 4.71. The third-order valence-electron chi connectivity index (χ3n) is 4.12. The Morgan fingerprint density at radius 1 is 1.36 bits per heavy atom. The summed E-state index contributed by atoms with van der Waals surface area (Å²) in [6.45, 7) is 2.83. The first kappa shape index (κ1) is 18.2. The van der Waals surface area contributed by atoms with Crippen LogP contribution in [0.1, 0.15) is 18.1 Å². The van der Waals surface area contributed by atoms with E-state index >= 15 is 0 Å². The predicted octanol–water partition coefficient (Wildman–Crippen LogP) is 3.39. The summed E-state index contributed by atoms with van der Waals surface area (Å²) in [6, 6.07) is 11.9. The van der Waals surface area contributed by atoms with Gasteiger partial charge in [0.1, 0.15) is 22.6 Å². The molecule has 1 aliphatic rings. The molecule has 4 N–H and O–H groups in total. The van der Waals surface area contributed by atoms with Crippen molar-refractivity contribution < 1.29 is 9.13 Å². The van der Waals surface area contributed by atoms with E-state index in [0.29, 0.717) is 34.4 Å². The Hall–Kier alpha value is -1.57. The first-order valence-electron chi connectivity index (χ1n) is 7.88. The lowest BCUT2D eigenvalue weighted by atomic mass is 9.93.